The summed E-state index contributed by atoms with van der Waals surface area (Å²) in [5.41, 5.74) is 0. The van der Waals surface area contributed by atoms with E-state index < -0.39 is 10.0 Å². The predicted octanol–water partition coefficient (Wildman–Crippen LogP) is 1.65. The van der Waals surface area contributed by atoms with Gasteiger partial charge in [0.1, 0.15) is 0 Å². The summed E-state index contributed by atoms with van der Waals surface area (Å²) in [5.74, 6) is 1.39. The van der Waals surface area contributed by atoms with Gasteiger partial charge in [0.05, 0.1) is 25.5 Å². The number of aliphatic imine (C=N–C) groups is 1. The van der Waals surface area contributed by atoms with Gasteiger partial charge in [-0.25, -0.2) is 8.42 Å². The molecule has 0 saturated carbocycles. The summed E-state index contributed by atoms with van der Waals surface area (Å²) in [5, 5.41) is 6.53. The molecule has 150 valence electrons. The Labute approximate surface area is 170 Å². The van der Waals surface area contributed by atoms with Crippen molar-refractivity contribution >= 4 is 40.0 Å². The van der Waals surface area contributed by atoms with Gasteiger partial charge < -0.3 is 15.4 Å². The molecule has 1 atom stereocenters. The number of ether oxygens (including phenoxy) is 1. The maximum Gasteiger partial charge on any atom is 0.216 e. The van der Waals surface area contributed by atoms with Crippen LogP contribution < -0.4 is 10.6 Å². The minimum atomic E-state index is -3.25. The molecule has 0 aromatic carbocycles. The Morgan fingerprint density at radius 1 is 1.20 bits per heavy atom. The van der Waals surface area contributed by atoms with Crippen molar-refractivity contribution in [1.82, 2.24) is 14.9 Å². The lowest BCUT2D eigenvalue weighted by Crippen LogP contribution is -2.44. The van der Waals surface area contributed by atoms with Gasteiger partial charge in [0.25, 0.3) is 0 Å². The van der Waals surface area contributed by atoms with Crippen LogP contribution in [0.3, 0.4) is 0 Å². The second kappa shape index (κ2) is 13.1. The predicted molar refractivity (Wildman–Crippen MR) is 114 cm³/mol. The number of hydrogen-bond donors (Lipinski definition) is 2. The van der Waals surface area contributed by atoms with Crippen LogP contribution in [0.4, 0.5) is 0 Å². The van der Waals surface area contributed by atoms with Gasteiger partial charge in [0.2, 0.25) is 10.0 Å². The molecule has 0 radical (unpaired) electrons. The molecule has 0 aromatic heterocycles. The number of nitrogens with zero attached hydrogens (tertiary/aromatic N) is 2. The van der Waals surface area contributed by atoms with E-state index in [1.54, 1.807) is 0 Å². The number of rotatable bonds is 9. The monoisotopic (exact) mass is 490 g/mol. The van der Waals surface area contributed by atoms with E-state index in [9.17, 15) is 8.42 Å². The van der Waals surface area contributed by atoms with Crippen molar-refractivity contribution < 1.29 is 13.2 Å². The first kappa shape index (κ1) is 24.9. The van der Waals surface area contributed by atoms with Crippen LogP contribution in [-0.2, 0) is 14.8 Å². The fourth-order valence-electron chi connectivity index (χ4n) is 2.44. The van der Waals surface area contributed by atoms with E-state index in [0.717, 1.165) is 19.4 Å². The summed E-state index contributed by atoms with van der Waals surface area (Å²) in [6.07, 6.45) is 2.22. The molecule has 1 saturated heterocycles. The van der Waals surface area contributed by atoms with E-state index in [-0.39, 0.29) is 36.3 Å². The zero-order valence-electron chi connectivity index (χ0n) is 16.0. The number of guanidine groups is 1. The Kier molecular flexibility index (Phi) is 13.0. The van der Waals surface area contributed by atoms with Crippen molar-refractivity contribution in [2.24, 2.45) is 10.9 Å². The Morgan fingerprint density at radius 3 is 2.40 bits per heavy atom. The Morgan fingerprint density at radius 2 is 1.84 bits per heavy atom. The quantitative estimate of drug-likeness (QED) is 0.292. The normalized spacial score (nSPS) is 17.9. The number of sulfonamides is 1. The zero-order chi connectivity index (χ0) is 18.0. The first-order chi connectivity index (χ1) is 11.3. The molecule has 1 rings (SSSR count). The fourth-order valence-corrected chi connectivity index (χ4v) is 3.72. The number of nitrogens with one attached hydrogen (secondary N) is 2. The highest BCUT2D eigenvalue weighted by atomic mass is 127. The molecule has 1 aliphatic rings. The van der Waals surface area contributed by atoms with Crippen LogP contribution in [-0.4, -0.2) is 69.9 Å². The van der Waals surface area contributed by atoms with Crippen molar-refractivity contribution in [3.63, 3.8) is 0 Å². The van der Waals surface area contributed by atoms with Gasteiger partial charge in [0, 0.05) is 25.7 Å². The smallest absolute Gasteiger partial charge is 0.216 e. The highest BCUT2D eigenvalue weighted by molar-refractivity contribution is 14.0. The zero-order valence-corrected chi connectivity index (χ0v) is 19.1. The standard InChI is InChI=1S/C16H34N4O3S.HI/c1-5-17-16(19-15(4)7-6-14(2)3)18-8-13-24(21,22)20-9-11-23-12-10-20;/h14-15H,5-13H2,1-4H3,(H2,17,18,19);1H. The second-order valence-corrected chi connectivity index (χ2v) is 8.69. The van der Waals surface area contributed by atoms with Gasteiger partial charge in [-0.2, -0.15) is 4.31 Å². The van der Waals surface area contributed by atoms with Gasteiger partial charge in [-0.3, -0.25) is 4.99 Å². The average Bonchev–Trinajstić information content (AvgIpc) is 2.54. The van der Waals surface area contributed by atoms with Crippen molar-refractivity contribution in [3.8, 4) is 0 Å². The van der Waals surface area contributed by atoms with E-state index in [4.69, 9.17) is 4.74 Å². The highest BCUT2D eigenvalue weighted by Gasteiger charge is 2.23. The molecule has 0 bridgehead atoms. The van der Waals surface area contributed by atoms with Crippen LogP contribution in [0.1, 0.15) is 40.5 Å². The summed E-state index contributed by atoms with van der Waals surface area (Å²) in [6, 6.07) is 0.307. The summed E-state index contributed by atoms with van der Waals surface area (Å²) in [4.78, 5) is 4.42. The molecule has 7 nitrogen and oxygen atoms in total. The molecule has 1 aliphatic heterocycles. The molecule has 1 unspecified atom stereocenters. The number of morpholine rings is 1. The third-order valence-corrected chi connectivity index (χ3v) is 5.74. The lowest BCUT2D eigenvalue weighted by Gasteiger charge is -2.25. The van der Waals surface area contributed by atoms with Gasteiger partial charge >= 0.3 is 0 Å². The summed E-state index contributed by atoms with van der Waals surface area (Å²) in [6.45, 7) is 11.4. The molecular formula is C16H35IN4O3S. The molecule has 0 spiro atoms. The highest BCUT2D eigenvalue weighted by Crippen LogP contribution is 2.07. The first-order valence-corrected chi connectivity index (χ1v) is 10.6. The van der Waals surface area contributed by atoms with E-state index in [0.29, 0.717) is 44.2 Å². The Bertz CT molecular complexity index is 480. The second-order valence-electron chi connectivity index (χ2n) is 6.60. The topological polar surface area (TPSA) is 83.0 Å². The van der Waals surface area contributed by atoms with Gasteiger partial charge in [-0.05, 0) is 32.6 Å². The van der Waals surface area contributed by atoms with Crippen LogP contribution in [0.2, 0.25) is 0 Å². The molecule has 1 fully saturated rings. The minimum Gasteiger partial charge on any atom is -0.379 e. The summed E-state index contributed by atoms with van der Waals surface area (Å²) < 4.78 is 31.3. The molecule has 0 aromatic rings. The molecular weight excluding hydrogens is 455 g/mol. The van der Waals surface area contributed by atoms with E-state index >= 15 is 0 Å². The molecule has 0 aliphatic carbocycles. The van der Waals surface area contributed by atoms with Crippen molar-refractivity contribution in [1.29, 1.82) is 0 Å². The largest absolute Gasteiger partial charge is 0.379 e. The van der Waals surface area contributed by atoms with Crippen LogP contribution in [0.25, 0.3) is 0 Å². The maximum absolute atomic E-state index is 12.3. The van der Waals surface area contributed by atoms with Crippen molar-refractivity contribution in [2.75, 3.05) is 45.1 Å². The maximum atomic E-state index is 12.3. The average molecular weight is 490 g/mol. The molecule has 1 heterocycles. The number of hydrogen-bond acceptors (Lipinski definition) is 4. The third kappa shape index (κ3) is 10.6. The van der Waals surface area contributed by atoms with Crippen LogP contribution in [0.15, 0.2) is 4.99 Å². The van der Waals surface area contributed by atoms with Crippen LogP contribution in [0, 0.1) is 5.92 Å². The minimum absolute atomic E-state index is 0. The van der Waals surface area contributed by atoms with E-state index in [1.165, 1.54) is 4.31 Å². The van der Waals surface area contributed by atoms with Crippen molar-refractivity contribution in [2.45, 2.75) is 46.6 Å². The van der Waals surface area contributed by atoms with Gasteiger partial charge in [-0.15, -0.1) is 24.0 Å². The van der Waals surface area contributed by atoms with Gasteiger partial charge in [-0.1, -0.05) is 13.8 Å². The molecule has 25 heavy (non-hydrogen) atoms. The lowest BCUT2D eigenvalue weighted by molar-refractivity contribution is 0.0731. The number of halogens is 1. The van der Waals surface area contributed by atoms with E-state index in [2.05, 4.69) is 36.4 Å². The van der Waals surface area contributed by atoms with Crippen LogP contribution in [0.5, 0.6) is 0 Å². The fraction of sp³-hybridized carbons (Fsp3) is 0.938. The first-order valence-electron chi connectivity index (χ1n) is 8.95. The molecule has 9 heteroatoms. The van der Waals surface area contributed by atoms with Gasteiger partial charge in [0.15, 0.2) is 5.96 Å². The summed E-state index contributed by atoms with van der Waals surface area (Å²) >= 11 is 0. The lowest BCUT2D eigenvalue weighted by atomic mass is 10.0. The Hall–Kier alpha value is -0.130. The van der Waals surface area contributed by atoms with Crippen LogP contribution >= 0.6 is 24.0 Å². The Balaban J connectivity index is 0.00000576. The van der Waals surface area contributed by atoms with Crippen molar-refractivity contribution in [3.05, 3.63) is 0 Å². The summed E-state index contributed by atoms with van der Waals surface area (Å²) in [7, 11) is -3.25. The van der Waals surface area contributed by atoms with E-state index in [1.807, 2.05) is 6.92 Å². The molecule has 2 N–H and O–H groups in total. The molecule has 0 amide bonds. The third-order valence-electron chi connectivity index (χ3n) is 3.89. The SMILES string of the molecule is CCNC(=NCCS(=O)(=O)N1CCOCC1)NC(C)CCC(C)C.I.